The highest BCUT2D eigenvalue weighted by Gasteiger charge is 2.48. The van der Waals surface area contributed by atoms with Gasteiger partial charge in [-0.15, -0.1) is 0 Å². The fraction of sp³-hybridized carbons (Fsp3) is 0.500. The van der Waals surface area contributed by atoms with Crippen LogP contribution in [0.1, 0.15) is 12.8 Å². The van der Waals surface area contributed by atoms with Crippen LogP contribution in [0.3, 0.4) is 0 Å². The lowest BCUT2D eigenvalue weighted by atomic mass is 9.88. The molecule has 2 amide bonds. The molecule has 3 rings (SSSR count). The van der Waals surface area contributed by atoms with Gasteiger partial charge in [-0.2, -0.15) is 0 Å². The van der Waals surface area contributed by atoms with E-state index >= 15 is 0 Å². The number of amides is 2. The maximum atomic E-state index is 13.7. The number of halogens is 2. The van der Waals surface area contributed by atoms with Gasteiger partial charge in [0.25, 0.3) is 0 Å². The summed E-state index contributed by atoms with van der Waals surface area (Å²) in [6.07, 6.45) is 0.304. The van der Waals surface area contributed by atoms with E-state index in [1.807, 2.05) is 0 Å². The minimum atomic E-state index is -1.12. The SMILES string of the molecule is COCC1(C(=O)O)CCN(C(=O)C2CC(=O)N(c3ccc(Cl)c(F)c3)C2)C1. The Labute approximate surface area is 160 Å². The van der Waals surface area contributed by atoms with Crippen LogP contribution in [0.2, 0.25) is 5.02 Å². The van der Waals surface area contributed by atoms with Crippen LogP contribution >= 0.6 is 11.6 Å². The molecule has 0 saturated carbocycles. The first-order valence-corrected chi connectivity index (χ1v) is 8.92. The van der Waals surface area contributed by atoms with E-state index in [9.17, 15) is 23.9 Å². The lowest BCUT2D eigenvalue weighted by Crippen LogP contribution is -2.42. The van der Waals surface area contributed by atoms with E-state index < -0.39 is 23.1 Å². The minimum Gasteiger partial charge on any atom is -0.481 e. The molecule has 2 atom stereocenters. The molecule has 0 bridgehead atoms. The van der Waals surface area contributed by atoms with Gasteiger partial charge in [0.2, 0.25) is 11.8 Å². The van der Waals surface area contributed by atoms with Gasteiger partial charge in [-0.1, -0.05) is 11.6 Å². The third-order valence-electron chi connectivity index (χ3n) is 5.23. The Kier molecular flexibility index (Phi) is 5.39. The summed E-state index contributed by atoms with van der Waals surface area (Å²) in [5, 5.41) is 9.47. The van der Waals surface area contributed by atoms with Crippen molar-refractivity contribution in [2.75, 3.05) is 38.3 Å². The van der Waals surface area contributed by atoms with Crippen LogP contribution in [-0.4, -0.2) is 61.1 Å². The van der Waals surface area contributed by atoms with Crippen molar-refractivity contribution < 1.29 is 28.6 Å². The maximum absolute atomic E-state index is 13.7. The van der Waals surface area contributed by atoms with E-state index in [4.69, 9.17) is 16.3 Å². The Hall–Kier alpha value is -2.19. The summed E-state index contributed by atoms with van der Waals surface area (Å²) in [5.74, 6) is -2.78. The highest BCUT2D eigenvalue weighted by molar-refractivity contribution is 6.30. The summed E-state index contributed by atoms with van der Waals surface area (Å²) in [5.41, 5.74) is -0.774. The number of hydrogen-bond donors (Lipinski definition) is 1. The average Bonchev–Trinajstić information content (AvgIpc) is 3.22. The monoisotopic (exact) mass is 398 g/mol. The van der Waals surface area contributed by atoms with Gasteiger partial charge in [-0.3, -0.25) is 14.4 Å². The van der Waals surface area contributed by atoms with Crippen molar-refractivity contribution in [3.63, 3.8) is 0 Å². The summed E-state index contributed by atoms with van der Waals surface area (Å²) in [6, 6.07) is 4.05. The molecule has 2 aliphatic heterocycles. The van der Waals surface area contributed by atoms with Gasteiger partial charge in [-0.05, 0) is 24.6 Å². The molecule has 2 saturated heterocycles. The van der Waals surface area contributed by atoms with Gasteiger partial charge in [0, 0.05) is 38.9 Å². The van der Waals surface area contributed by atoms with Crippen molar-refractivity contribution in [1.82, 2.24) is 4.90 Å². The standard InChI is InChI=1S/C18H20ClFN2O5/c1-27-10-18(17(25)26)4-5-21(9-18)16(24)11-6-15(23)22(8-11)12-2-3-13(19)14(20)7-12/h2-3,7,11H,4-6,8-10H2,1H3,(H,25,26). The molecule has 0 aromatic heterocycles. The predicted octanol–water partition coefficient (Wildman–Crippen LogP) is 1.78. The zero-order chi connectivity index (χ0) is 19.8. The number of rotatable bonds is 5. The van der Waals surface area contributed by atoms with Gasteiger partial charge in [0.1, 0.15) is 11.2 Å². The number of ether oxygens (including phenoxy) is 1. The van der Waals surface area contributed by atoms with Crippen LogP contribution < -0.4 is 4.90 Å². The van der Waals surface area contributed by atoms with E-state index in [0.29, 0.717) is 18.7 Å². The molecule has 1 aromatic carbocycles. The summed E-state index contributed by atoms with van der Waals surface area (Å²) in [6.45, 7) is 0.496. The van der Waals surface area contributed by atoms with Crippen molar-refractivity contribution in [2.45, 2.75) is 12.8 Å². The van der Waals surface area contributed by atoms with Crippen LogP contribution in [-0.2, 0) is 19.1 Å². The molecule has 146 valence electrons. The van der Waals surface area contributed by atoms with Crippen LogP contribution in [0.5, 0.6) is 0 Å². The number of carboxylic acids is 1. The fourth-order valence-electron chi connectivity index (χ4n) is 3.72. The Bertz CT molecular complexity index is 789. The van der Waals surface area contributed by atoms with E-state index in [1.165, 1.54) is 29.0 Å². The number of carbonyl (C=O) groups excluding carboxylic acids is 2. The molecule has 7 nitrogen and oxygen atoms in total. The van der Waals surface area contributed by atoms with Gasteiger partial charge in [0.05, 0.1) is 17.5 Å². The number of anilines is 1. The number of carbonyl (C=O) groups is 3. The number of methoxy groups -OCH3 is 1. The molecule has 0 aliphatic carbocycles. The molecule has 27 heavy (non-hydrogen) atoms. The van der Waals surface area contributed by atoms with Crippen molar-refractivity contribution in [1.29, 1.82) is 0 Å². The Morgan fingerprint density at radius 2 is 2.19 bits per heavy atom. The first-order valence-electron chi connectivity index (χ1n) is 8.54. The van der Waals surface area contributed by atoms with Crippen LogP contribution in [0, 0.1) is 17.2 Å². The third-order valence-corrected chi connectivity index (χ3v) is 5.54. The van der Waals surface area contributed by atoms with Crippen molar-refractivity contribution in [3.05, 3.63) is 29.0 Å². The van der Waals surface area contributed by atoms with Crippen molar-refractivity contribution >= 4 is 35.1 Å². The fourth-order valence-corrected chi connectivity index (χ4v) is 3.84. The largest absolute Gasteiger partial charge is 0.481 e. The lowest BCUT2D eigenvalue weighted by Gasteiger charge is -2.25. The van der Waals surface area contributed by atoms with Crippen LogP contribution in [0.4, 0.5) is 10.1 Å². The number of likely N-dealkylation sites (tertiary alicyclic amines) is 1. The van der Waals surface area contributed by atoms with Gasteiger partial charge >= 0.3 is 5.97 Å². The van der Waals surface area contributed by atoms with E-state index in [2.05, 4.69) is 0 Å². The molecule has 1 N–H and O–H groups in total. The summed E-state index contributed by atoms with van der Waals surface area (Å²) < 4.78 is 18.7. The van der Waals surface area contributed by atoms with Gasteiger partial charge in [0.15, 0.2) is 0 Å². The second-order valence-electron chi connectivity index (χ2n) is 7.03. The van der Waals surface area contributed by atoms with E-state index in [1.54, 1.807) is 0 Å². The predicted molar refractivity (Wildman–Crippen MR) is 95.0 cm³/mol. The number of aliphatic carboxylic acids is 1. The van der Waals surface area contributed by atoms with E-state index in [-0.39, 0.29) is 43.0 Å². The molecule has 0 spiro atoms. The second-order valence-corrected chi connectivity index (χ2v) is 7.44. The van der Waals surface area contributed by atoms with Crippen molar-refractivity contribution in [3.8, 4) is 0 Å². The molecular formula is C18H20ClFN2O5. The molecule has 2 fully saturated rings. The second kappa shape index (κ2) is 7.44. The Morgan fingerprint density at radius 3 is 2.81 bits per heavy atom. The van der Waals surface area contributed by atoms with Gasteiger partial charge < -0.3 is 19.6 Å². The molecule has 1 aromatic rings. The summed E-state index contributed by atoms with van der Waals surface area (Å²) >= 11 is 5.67. The number of benzene rings is 1. The molecule has 2 heterocycles. The molecular weight excluding hydrogens is 379 g/mol. The first kappa shape index (κ1) is 19.6. The van der Waals surface area contributed by atoms with Crippen LogP contribution in [0.15, 0.2) is 18.2 Å². The number of hydrogen-bond acceptors (Lipinski definition) is 4. The van der Waals surface area contributed by atoms with E-state index in [0.717, 1.165) is 6.07 Å². The molecule has 2 unspecified atom stereocenters. The maximum Gasteiger partial charge on any atom is 0.313 e. The van der Waals surface area contributed by atoms with Crippen molar-refractivity contribution in [2.24, 2.45) is 11.3 Å². The first-order chi connectivity index (χ1) is 12.8. The molecule has 2 aliphatic rings. The average molecular weight is 399 g/mol. The number of nitrogens with zero attached hydrogens (tertiary/aromatic N) is 2. The van der Waals surface area contributed by atoms with Crippen LogP contribution in [0.25, 0.3) is 0 Å². The zero-order valence-electron chi connectivity index (χ0n) is 14.8. The Balaban J connectivity index is 1.71. The quantitative estimate of drug-likeness (QED) is 0.817. The highest BCUT2D eigenvalue weighted by atomic mass is 35.5. The Morgan fingerprint density at radius 1 is 1.44 bits per heavy atom. The lowest BCUT2D eigenvalue weighted by molar-refractivity contribution is -0.152. The third kappa shape index (κ3) is 3.64. The molecule has 0 radical (unpaired) electrons. The zero-order valence-corrected chi connectivity index (χ0v) is 15.5. The minimum absolute atomic E-state index is 0.00390. The summed E-state index contributed by atoms with van der Waals surface area (Å²) in [7, 11) is 1.42. The number of carboxylic acid groups (broad SMARTS) is 1. The topological polar surface area (TPSA) is 87.1 Å². The highest BCUT2D eigenvalue weighted by Crippen LogP contribution is 2.34. The normalized spacial score (nSPS) is 25.3. The van der Waals surface area contributed by atoms with Gasteiger partial charge in [-0.25, -0.2) is 4.39 Å². The summed E-state index contributed by atoms with van der Waals surface area (Å²) in [4.78, 5) is 39.6. The smallest absolute Gasteiger partial charge is 0.313 e. The molecule has 9 heteroatoms.